The summed E-state index contributed by atoms with van der Waals surface area (Å²) in [6.07, 6.45) is 0. The van der Waals surface area contributed by atoms with Gasteiger partial charge >= 0.3 is 0 Å². The van der Waals surface area contributed by atoms with Gasteiger partial charge in [-0.1, -0.05) is 97.1 Å². The van der Waals surface area contributed by atoms with Crippen LogP contribution in [0.4, 0.5) is 34.1 Å². The van der Waals surface area contributed by atoms with Crippen molar-refractivity contribution >= 4 is 66.4 Å². The highest BCUT2D eigenvalue weighted by Crippen LogP contribution is 2.47. The van der Waals surface area contributed by atoms with Gasteiger partial charge in [0.1, 0.15) is 11.5 Å². The standard InChI is InChI=1S/C44H34N2O2/c1-47-35-27-23-33(24-28-35)45(41-19-7-13-31-11-3-5-15-37(31)41)43-21-9-18-40-39(43)17-10-22-44(40)46(34-25-29-36(48-2)30-26-34)42-20-8-14-32-12-4-6-16-38(32)42/h3-30H,1-2H3. The summed E-state index contributed by atoms with van der Waals surface area (Å²) >= 11 is 0. The summed E-state index contributed by atoms with van der Waals surface area (Å²) in [7, 11) is 3.41. The summed E-state index contributed by atoms with van der Waals surface area (Å²) < 4.78 is 11.1. The van der Waals surface area contributed by atoms with Crippen molar-refractivity contribution < 1.29 is 9.47 Å². The molecule has 0 aliphatic rings. The summed E-state index contributed by atoms with van der Waals surface area (Å²) in [4.78, 5) is 4.73. The largest absolute Gasteiger partial charge is 0.497 e. The van der Waals surface area contributed by atoms with Crippen LogP contribution in [0, 0.1) is 0 Å². The highest BCUT2D eigenvalue weighted by molar-refractivity contribution is 6.10. The molecule has 0 aromatic heterocycles. The molecule has 8 aromatic carbocycles. The Morgan fingerprint density at radius 2 is 0.625 bits per heavy atom. The molecule has 0 aliphatic heterocycles. The lowest BCUT2D eigenvalue weighted by molar-refractivity contribution is 0.414. The van der Waals surface area contributed by atoms with Gasteiger partial charge in [-0.3, -0.25) is 0 Å². The van der Waals surface area contributed by atoms with Crippen LogP contribution in [-0.2, 0) is 0 Å². The second-order valence-electron chi connectivity index (χ2n) is 11.7. The molecule has 0 radical (unpaired) electrons. The number of fused-ring (bicyclic) bond motifs is 3. The van der Waals surface area contributed by atoms with Crippen LogP contribution in [0.15, 0.2) is 170 Å². The maximum atomic E-state index is 5.54. The van der Waals surface area contributed by atoms with E-state index in [1.165, 1.54) is 21.5 Å². The summed E-state index contributed by atoms with van der Waals surface area (Å²) in [5.74, 6) is 1.64. The Hall–Kier alpha value is -6.26. The quantitative estimate of drug-likeness (QED) is 0.168. The SMILES string of the molecule is COc1ccc(N(c2cccc3ccccc23)c2cccc3c(N(c4ccc(OC)cc4)c4cccc5ccccc45)cccc23)cc1. The summed E-state index contributed by atoms with van der Waals surface area (Å²) in [5, 5.41) is 7.02. The third kappa shape index (κ3) is 5.14. The average molecular weight is 623 g/mol. The smallest absolute Gasteiger partial charge is 0.119 e. The zero-order chi connectivity index (χ0) is 32.5. The second-order valence-corrected chi connectivity index (χ2v) is 11.7. The summed E-state index contributed by atoms with van der Waals surface area (Å²) in [5.41, 5.74) is 6.48. The number of hydrogen-bond acceptors (Lipinski definition) is 4. The molecule has 232 valence electrons. The fourth-order valence-corrected chi connectivity index (χ4v) is 6.75. The van der Waals surface area contributed by atoms with Crippen molar-refractivity contribution in [3.63, 3.8) is 0 Å². The minimum Gasteiger partial charge on any atom is -0.497 e. The molecule has 8 aromatic rings. The van der Waals surface area contributed by atoms with Crippen molar-refractivity contribution in [3.8, 4) is 11.5 Å². The van der Waals surface area contributed by atoms with Gasteiger partial charge < -0.3 is 19.3 Å². The molecule has 0 bridgehead atoms. The van der Waals surface area contributed by atoms with Crippen molar-refractivity contribution in [2.24, 2.45) is 0 Å². The van der Waals surface area contributed by atoms with E-state index in [9.17, 15) is 0 Å². The molecule has 0 saturated heterocycles. The molecular weight excluding hydrogens is 588 g/mol. The molecule has 0 fully saturated rings. The number of anilines is 6. The predicted molar refractivity (Wildman–Crippen MR) is 201 cm³/mol. The normalized spacial score (nSPS) is 11.1. The molecule has 4 heteroatoms. The molecule has 0 unspecified atom stereocenters. The summed E-state index contributed by atoms with van der Waals surface area (Å²) in [6, 6.07) is 60.0. The third-order valence-corrected chi connectivity index (χ3v) is 9.03. The number of benzene rings is 8. The molecule has 4 nitrogen and oxygen atoms in total. The van der Waals surface area contributed by atoms with E-state index >= 15 is 0 Å². The van der Waals surface area contributed by atoms with Crippen LogP contribution >= 0.6 is 0 Å². The highest BCUT2D eigenvalue weighted by atomic mass is 16.5. The van der Waals surface area contributed by atoms with Crippen molar-refractivity contribution in [1.82, 2.24) is 0 Å². The molecule has 0 atom stereocenters. The van der Waals surface area contributed by atoms with Gasteiger partial charge in [-0.15, -0.1) is 0 Å². The molecule has 0 heterocycles. The van der Waals surface area contributed by atoms with Crippen LogP contribution in [0.25, 0.3) is 32.3 Å². The Morgan fingerprint density at radius 3 is 1.02 bits per heavy atom. The van der Waals surface area contributed by atoms with E-state index in [0.29, 0.717) is 0 Å². The summed E-state index contributed by atoms with van der Waals surface area (Å²) in [6.45, 7) is 0. The maximum Gasteiger partial charge on any atom is 0.119 e. The molecule has 0 amide bonds. The predicted octanol–water partition coefficient (Wildman–Crippen LogP) is 12.1. The van der Waals surface area contributed by atoms with Crippen LogP contribution in [0.5, 0.6) is 11.5 Å². The lowest BCUT2D eigenvalue weighted by Gasteiger charge is -2.31. The number of ether oxygens (including phenoxy) is 2. The van der Waals surface area contributed by atoms with Crippen LogP contribution in [0.3, 0.4) is 0 Å². The van der Waals surface area contributed by atoms with E-state index in [1.807, 2.05) is 24.3 Å². The molecule has 48 heavy (non-hydrogen) atoms. The Bertz CT molecular complexity index is 2200. The zero-order valence-corrected chi connectivity index (χ0v) is 26.9. The number of rotatable bonds is 8. The third-order valence-electron chi connectivity index (χ3n) is 9.03. The van der Waals surface area contributed by atoms with Crippen LogP contribution in [0.1, 0.15) is 0 Å². The van der Waals surface area contributed by atoms with Crippen LogP contribution in [-0.4, -0.2) is 14.2 Å². The molecule has 0 saturated carbocycles. The Kier molecular flexibility index (Phi) is 7.60. The average Bonchev–Trinajstić information content (AvgIpc) is 3.16. The minimum absolute atomic E-state index is 0.821. The van der Waals surface area contributed by atoms with Crippen molar-refractivity contribution in [2.45, 2.75) is 0 Å². The fourth-order valence-electron chi connectivity index (χ4n) is 6.75. The Morgan fingerprint density at radius 1 is 0.312 bits per heavy atom. The topological polar surface area (TPSA) is 24.9 Å². The van der Waals surface area contributed by atoms with Gasteiger partial charge in [0.15, 0.2) is 0 Å². The molecular formula is C44H34N2O2. The Labute approximate surface area is 280 Å². The lowest BCUT2D eigenvalue weighted by Crippen LogP contribution is -2.13. The highest BCUT2D eigenvalue weighted by Gasteiger charge is 2.22. The van der Waals surface area contributed by atoms with E-state index in [4.69, 9.17) is 9.47 Å². The molecule has 8 rings (SSSR count). The van der Waals surface area contributed by atoms with Gasteiger partial charge in [-0.2, -0.15) is 0 Å². The number of nitrogens with zero attached hydrogens (tertiary/aromatic N) is 2. The van der Waals surface area contributed by atoms with Gasteiger partial charge in [-0.25, -0.2) is 0 Å². The zero-order valence-electron chi connectivity index (χ0n) is 26.9. The van der Waals surface area contributed by atoms with E-state index in [1.54, 1.807) is 14.2 Å². The number of hydrogen-bond donors (Lipinski definition) is 0. The van der Waals surface area contributed by atoms with Crippen molar-refractivity contribution in [3.05, 3.63) is 170 Å². The van der Waals surface area contributed by atoms with E-state index in [0.717, 1.165) is 56.4 Å². The van der Waals surface area contributed by atoms with Gasteiger partial charge in [0, 0.05) is 32.9 Å². The first kappa shape index (κ1) is 29.2. The maximum absolute atomic E-state index is 5.54. The first-order chi connectivity index (χ1) is 23.7. The first-order valence-electron chi connectivity index (χ1n) is 16.1. The van der Waals surface area contributed by atoms with E-state index in [2.05, 4.69) is 155 Å². The lowest BCUT2D eigenvalue weighted by atomic mass is 10.0. The second kappa shape index (κ2) is 12.5. The van der Waals surface area contributed by atoms with E-state index in [-0.39, 0.29) is 0 Å². The van der Waals surface area contributed by atoms with Crippen LogP contribution < -0.4 is 19.3 Å². The fraction of sp³-hybridized carbons (Fsp3) is 0.0455. The Balaban J connectivity index is 1.39. The van der Waals surface area contributed by atoms with Gasteiger partial charge in [0.05, 0.1) is 37.0 Å². The van der Waals surface area contributed by atoms with Crippen LogP contribution in [0.2, 0.25) is 0 Å². The van der Waals surface area contributed by atoms with Crippen molar-refractivity contribution in [2.75, 3.05) is 24.0 Å². The minimum atomic E-state index is 0.821. The van der Waals surface area contributed by atoms with E-state index < -0.39 is 0 Å². The van der Waals surface area contributed by atoms with Gasteiger partial charge in [0.25, 0.3) is 0 Å². The van der Waals surface area contributed by atoms with Gasteiger partial charge in [-0.05, 0) is 83.6 Å². The van der Waals surface area contributed by atoms with Gasteiger partial charge in [0.2, 0.25) is 0 Å². The number of methoxy groups -OCH3 is 2. The molecule has 0 N–H and O–H groups in total. The molecule has 0 spiro atoms. The first-order valence-corrected chi connectivity index (χ1v) is 16.1. The van der Waals surface area contributed by atoms with Crippen molar-refractivity contribution in [1.29, 1.82) is 0 Å². The molecule has 0 aliphatic carbocycles. The monoisotopic (exact) mass is 622 g/mol.